The minimum Gasteiger partial charge on any atom is -0.325 e. The second kappa shape index (κ2) is 9.18. The molecule has 2 heterocycles. The van der Waals surface area contributed by atoms with Gasteiger partial charge in [-0.25, -0.2) is 35.5 Å². The third kappa shape index (κ3) is 4.76. The molecular weight excluding hydrogens is 474 g/mol. The molecule has 2 atom stereocenters. The quantitative estimate of drug-likeness (QED) is 0.618. The first-order valence-electron chi connectivity index (χ1n) is 11.0. The summed E-state index contributed by atoms with van der Waals surface area (Å²) in [5.74, 6) is -5.27. The Morgan fingerprint density at radius 2 is 1.85 bits per heavy atom. The molecule has 0 aliphatic carbocycles. The number of nitrogens with zero attached hydrogens (tertiary/aromatic N) is 2. The van der Waals surface area contributed by atoms with Crippen molar-refractivity contribution in [1.82, 2.24) is 14.5 Å². The number of hydrogen-bond donors (Lipinski definition) is 1. The molecule has 0 spiro atoms. The van der Waals surface area contributed by atoms with Crippen LogP contribution in [0.15, 0.2) is 42.5 Å². The fourth-order valence-electron chi connectivity index (χ4n) is 4.31. The molecule has 184 valence electrons. The van der Waals surface area contributed by atoms with Gasteiger partial charge in [0.1, 0.15) is 17.7 Å². The summed E-state index contributed by atoms with van der Waals surface area (Å²) in [5.41, 5.74) is 0.368. The monoisotopic (exact) mass is 499 g/mol. The first kappa shape index (κ1) is 24.5. The van der Waals surface area contributed by atoms with Crippen LogP contribution in [0.1, 0.15) is 18.9 Å². The van der Waals surface area contributed by atoms with Gasteiger partial charge in [0, 0.05) is 18.7 Å². The molecule has 0 unspecified atom stereocenters. The molecule has 34 heavy (non-hydrogen) atoms. The Hall–Kier alpha value is -2.66. The van der Waals surface area contributed by atoms with Crippen LogP contribution < -0.4 is 4.72 Å². The van der Waals surface area contributed by atoms with Crippen molar-refractivity contribution in [1.29, 1.82) is 0 Å². The number of benzene rings is 2. The second-order valence-electron chi connectivity index (χ2n) is 8.57. The third-order valence-corrected chi connectivity index (χ3v) is 7.70. The maximum atomic E-state index is 15.5. The molecule has 2 aromatic rings. The van der Waals surface area contributed by atoms with Crippen molar-refractivity contribution in [3.63, 3.8) is 0 Å². The number of carbonyl (C=O) groups is 1. The van der Waals surface area contributed by atoms with Crippen LogP contribution in [0.5, 0.6) is 0 Å². The van der Waals surface area contributed by atoms with Gasteiger partial charge >= 0.3 is 6.03 Å². The van der Waals surface area contributed by atoms with Crippen molar-refractivity contribution >= 4 is 16.1 Å². The van der Waals surface area contributed by atoms with Crippen molar-refractivity contribution in [2.24, 2.45) is 0 Å². The van der Waals surface area contributed by atoms with Crippen molar-refractivity contribution in [2.45, 2.75) is 37.8 Å². The Kier molecular flexibility index (Phi) is 6.61. The number of carbonyl (C=O) groups excluding carboxylic acids is 1. The number of likely N-dealkylation sites (tertiary alicyclic amines) is 2. The van der Waals surface area contributed by atoms with E-state index in [0.29, 0.717) is 13.1 Å². The maximum absolute atomic E-state index is 15.5. The van der Waals surface area contributed by atoms with Gasteiger partial charge in [0.25, 0.3) is 5.92 Å². The summed E-state index contributed by atoms with van der Waals surface area (Å²) in [5, 5.41) is 0. The number of alkyl halides is 2. The normalized spacial score (nSPS) is 22.0. The number of halogens is 4. The molecule has 0 bridgehead atoms. The van der Waals surface area contributed by atoms with Crippen molar-refractivity contribution < 1.29 is 30.8 Å². The summed E-state index contributed by atoms with van der Waals surface area (Å²) in [6, 6.07) is 5.81. The van der Waals surface area contributed by atoms with Gasteiger partial charge in [0.2, 0.25) is 10.0 Å². The van der Waals surface area contributed by atoms with E-state index in [1.807, 2.05) is 4.72 Å². The van der Waals surface area contributed by atoms with Crippen LogP contribution in [0.3, 0.4) is 0 Å². The van der Waals surface area contributed by atoms with Gasteiger partial charge in [-0.1, -0.05) is 30.3 Å². The van der Waals surface area contributed by atoms with Gasteiger partial charge in [-0.2, -0.15) is 0 Å². The van der Waals surface area contributed by atoms with Crippen LogP contribution in [0.4, 0.5) is 22.4 Å². The molecule has 4 rings (SSSR count). The van der Waals surface area contributed by atoms with Crippen LogP contribution in [0, 0.1) is 11.6 Å². The SMILES string of the molecule is CCS(=O)(=O)N[C@@H]1[C@H](Cc2cccc(-c3cccc(F)c3)c2F)N(C(=O)N2CCC2)CC1(F)F. The van der Waals surface area contributed by atoms with Crippen molar-refractivity contribution in [2.75, 3.05) is 25.4 Å². The van der Waals surface area contributed by atoms with Gasteiger partial charge in [-0.15, -0.1) is 0 Å². The Morgan fingerprint density at radius 1 is 1.15 bits per heavy atom. The lowest BCUT2D eigenvalue weighted by molar-refractivity contribution is -0.00560. The lowest BCUT2D eigenvalue weighted by Crippen LogP contribution is -2.55. The Morgan fingerprint density at radius 3 is 2.47 bits per heavy atom. The molecule has 2 aliphatic heterocycles. The smallest absolute Gasteiger partial charge is 0.320 e. The van der Waals surface area contributed by atoms with E-state index in [4.69, 9.17) is 0 Å². The summed E-state index contributed by atoms with van der Waals surface area (Å²) in [7, 11) is -4.04. The predicted octanol–water partition coefficient (Wildman–Crippen LogP) is 3.63. The lowest BCUT2D eigenvalue weighted by atomic mass is 9.95. The predicted molar refractivity (Wildman–Crippen MR) is 119 cm³/mol. The third-order valence-electron chi connectivity index (χ3n) is 6.32. The summed E-state index contributed by atoms with van der Waals surface area (Å²) in [6.45, 7) is 1.18. The molecule has 1 N–H and O–H groups in total. The van der Waals surface area contributed by atoms with Gasteiger partial charge in [-0.3, -0.25) is 0 Å². The van der Waals surface area contributed by atoms with Crippen LogP contribution in [0.25, 0.3) is 11.1 Å². The standard InChI is InChI=1S/C23H25F4N3O3S/c1-2-34(32,33)28-21-19(30(14-23(21,26)27)22(31)29-10-5-11-29)13-16-7-4-9-18(20(16)25)15-6-3-8-17(24)12-15/h3-4,6-9,12,19,21,28H,2,5,10-11,13-14H2,1H3/t19-,21+/m0/s1. The Balaban J connectivity index is 1.72. The zero-order valence-corrected chi connectivity index (χ0v) is 19.3. The molecule has 0 radical (unpaired) electrons. The average Bonchev–Trinajstić information content (AvgIpc) is 2.98. The number of urea groups is 1. The Bertz CT molecular complexity index is 1190. The largest absolute Gasteiger partial charge is 0.325 e. The molecule has 2 amide bonds. The van der Waals surface area contributed by atoms with E-state index in [1.54, 1.807) is 0 Å². The highest BCUT2D eigenvalue weighted by Gasteiger charge is 2.57. The molecule has 2 fully saturated rings. The second-order valence-corrected chi connectivity index (χ2v) is 10.6. The van der Waals surface area contributed by atoms with Gasteiger partial charge < -0.3 is 9.80 Å². The Labute approximate surface area is 195 Å². The zero-order valence-electron chi connectivity index (χ0n) is 18.5. The highest BCUT2D eigenvalue weighted by Crippen LogP contribution is 2.37. The minimum atomic E-state index is -4.04. The molecule has 0 aromatic heterocycles. The fourth-order valence-corrected chi connectivity index (χ4v) is 5.20. The average molecular weight is 500 g/mol. The summed E-state index contributed by atoms with van der Waals surface area (Å²) in [4.78, 5) is 15.3. The summed E-state index contributed by atoms with van der Waals surface area (Å²) in [6.07, 6.45) is 0.401. The van der Waals surface area contributed by atoms with Gasteiger partial charge in [0.05, 0.1) is 18.3 Å². The lowest BCUT2D eigenvalue weighted by Gasteiger charge is -2.37. The van der Waals surface area contributed by atoms with E-state index < -0.39 is 58.0 Å². The van der Waals surface area contributed by atoms with Crippen LogP contribution in [-0.4, -0.2) is 67.6 Å². The van der Waals surface area contributed by atoms with E-state index in [1.165, 1.54) is 48.2 Å². The van der Waals surface area contributed by atoms with Crippen LogP contribution in [-0.2, 0) is 16.4 Å². The van der Waals surface area contributed by atoms with E-state index in [9.17, 15) is 17.6 Å². The number of sulfonamides is 1. The molecule has 0 saturated carbocycles. The van der Waals surface area contributed by atoms with E-state index >= 15 is 13.2 Å². The highest BCUT2D eigenvalue weighted by molar-refractivity contribution is 7.89. The topological polar surface area (TPSA) is 69.7 Å². The van der Waals surface area contributed by atoms with Crippen LogP contribution in [0.2, 0.25) is 0 Å². The zero-order chi connectivity index (χ0) is 24.7. The molecule has 2 aliphatic rings. The number of amides is 2. The van der Waals surface area contributed by atoms with E-state index in [0.717, 1.165) is 17.4 Å². The maximum Gasteiger partial charge on any atom is 0.320 e. The first-order valence-corrected chi connectivity index (χ1v) is 12.6. The molecule has 6 nitrogen and oxygen atoms in total. The van der Waals surface area contributed by atoms with Gasteiger partial charge in [0.15, 0.2) is 0 Å². The van der Waals surface area contributed by atoms with E-state index in [-0.39, 0.29) is 23.1 Å². The molecule has 2 aromatic carbocycles. The van der Waals surface area contributed by atoms with Crippen molar-refractivity contribution in [3.8, 4) is 11.1 Å². The van der Waals surface area contributed by atoms with E-state index in [2.05, 4.69) is 0 Å². The van der Waals surface area contributed by atoms with Crippen molar-refractivity contribution in [3.05, 3.63) is 59.7 Å². The minimum absolute atomic E-state index is 0.0200. The van der Waals surface area contributed by atoms with Crippen LogP contribution >= 0.6 is 0 Å². The molecule has 11 heteroatoms. The summed E-state index contributed by atoms with van der Waals surface area (Å²) >= 11 is 0. The summed E-state index contributed by atoms with van der Waals surface area (Å²) < 4.78 is 85.6. The fraction of sp³-hybridized carbons (Fsp3) is 0.435. The number of hydrogen-bond acceptors (Lipinski definition) is 3. The van der Waals surface area contributed by atoms with Gasteiger partial charge in [-0.05, 0) is 43.0 Å². The molecule has 2 saturated heterocycles. The first-order chi connectivity index (χ1) is 16.0. The highest BCUT2D eigenvalue weighted by atomic mass is 32.2. The molecular formula is C23H25F4N3O3S. The number of rotatable bonds is 6. The number of nitrogens with one attached hydrogen (secondary N) is 1.